The topological polar surface area (TPSA) is 18.5 Å². The van der Waals surface area contributed by atoms with Crippen molar-refractivity contribution in [3.8, 4) is 0 Å². The van der Waals surface area contributed by atoms with Crippen LogP contribution in [0.5, 0.6) is 0 Å². The normalized spacial score (nSPS) is 18.3. The summed E-state index contributed by atoms with van der Waals surface area (Å²) in [6.07, 6.45) is -13.6. The first kappa shape index (κ1) is 18.5. The zero-order valence-corrected chi connectivity index (χ0v) is 9.23. The Labute approximate surface area is 103 Å². The molecule has 0 aliphatic carbocycles. The molecule has 0 heterocycles. The van der Waals surface area contributed by atoms with E-state index in [0.29, 0.717) is 0 Å². The lowest BCUT2D eigenvalue weighted by Crippen LogP contribution is -2.59. The largest absolute Gasteiger partial charge is 0.462 e. The molecule has 0 aromatic carbocycles. The summed E-state index contributed by atoms with van der Waals surface area (Å²) in [5.41, 5.74) is 0. The van der Waals surface area contributed by atoms with Gasteiger partial charge in [-0.05, 0) is 11.6 Å². The molecule has 0 aromatic rings. The monoisotopic (exact) mass is 332 g/mol. The maximum Gasteiger partial charge on any atom is 0.462 e. The zero-order valence-electron chi connectivity index (χ0n) is 8.47. The summed E-state index contributed by atoms with van der Waals surface area (Å²) in [6, 6.07) is -5.41. The highest BCUT2D eigenvalue weighted by Gasteiger charge is 2.78. The number of hydrogen-bond donors (Lipinski definition) is 0. The summed E-state index contributed by atoms with van der Waals surface area (Å²) >= 11 is 3.89. The summed E-state index contributed by atoms with van der Waals surface area (Å²) in [5.74, 6) is -6.96. The number of ether oxygens (including phenoxy) is 2. The summed E-state index contributed by atoms with van der Waals surface area (Å²) in [6.45, 7) is 0. The standard InChI is InChI=1S/C6H3ClF10O2/c1-18-6(17,3(7,10)11)19-5(15,16)2(8,9)4(12,13)14/h1H3. The second kappa shape index (κ2) is 4.81. The minimum Gasteiger partial charge on any atom is -0.321 e. The van der Waals surface area contributed by atoms with Crippen LogP contribution in [0.1, 0.15) is 0 Å². The fourth-order valence-corrected chi connectivity index (χ4v) is 0.725. The molecule has 1 atom stereocenters. The zero-order chi connectivity index (χ0) is 15.9. The van der Waals surface area contributed by atoms with Crippen LogP contribution in [0.4, 0.5) is 43.9 Å². The lowest BCUT2D eigenvalue weighted by atomic mass is 10.3. The fourth-order valence-electron chi connectivity index (χ4n) is 0.609. The number of methoxy groups -OCH3 is 1. The van der Waals surface area contributed by atoms with Gasteiger partial charge in [-0.3, -0.25) is 0 Å². The van der Waals surface area contributed by atoms with E-state index in [1.807, 2.05) is 0 Å². The molecular weight excluding hydrogens is 329 g/mol. The number of halogens is 11. The molecule has 0 amide bonds. The van der Waals surface area contributed by atoms with E-state index in [2.05, 4.69) is 21.1 Å². The Morgan fingerprint density at radius 3 is 1.37 bits per heavy atom. The Balaban J connectivity index is 5.48. The van der Waals surface area contributed by atoms with Crippen LogP contribution < -0.4 is 0 Å². The Kier molecular flexibility index (Phi) is 4.68. The van der Waals surface area contributed by atoms with E-state index in [1.54, 1.807) is 0 Å². The van der Waals surface area contributed by atoms with Crippen molar-refractivity contribution in [2.45, 2.75) is 29.6 Å². The van der Waals surface area contributed by atoms with Crippen LogP contribution in [-0.2, 0) is 9.47 Å². The average Bonchev–Trinajstić information content (AvgIpc) is 2.12. The van der Waals surface area contributed by atoms with Crippen molar-refractivity contribution in [2.75, 3.05) is 7.11 Å². The van der Waals surface area contributed by atoms with E-state index in [9.17, 15) is 43.9 Å². The Morgan fingerprint density at radius 1 is 0.789 bits per heavy atom. The number of alkyl halides is 11. The third-order valence-corrected chi connectivity index (χ3v) is 1.81. The van der Waals surface area contributed by atoms with Gasteiger partial charge in [0, 0.05) is 7.11 Å². The SMILES string of the molecule is COC(F)(OC(F)(F)C(F)(F)C(F)(F)F)C(F)(F)Cl. The minimum atomic E-state index is -6.96. The van der Waals surface area contributed by atoms with Gasteiger partial charge in [-0.25, -0.2) is 4.74 Å². The number of rotatable bonds is 5. The molecule has 0 rings (SSSR count). The highest BCUT2D eigenvalue weighted by molar-refractivity contribution is 6.22. The molecule has 0 aliphatic heterocycles. The fraction of sp³-hybridized carbons (Fsp3) is 1.00. The summed E-state index contributed by atoms with van der Waals surface area (Å²) < 4.78 is 127. The second-order valence-corrected chi connectivity index (χ2v) is 3.40. The van der Waals surface area contributed by atoms with Crippen molar-refractivity contribution >= 4 is 11.6 Å². The van der Waals surface area contributed by atoms with Gasteiger partial charge >= 0.3 is 29.6 Å². The van der Waals surface area contributed by atoms with Crippen molar-refractivity contribution < 1.29 is 53.4 Å². The first-order valence-electron chi connectivity index (χ1n) is 3.85. The molecule has 19 heavy (non-hydrogen) atoms. The molecule has 13 heteroatoms. The van der Waals surface area contributed by atoms with Crippen LogP contribution in [0.2, 0.25) is 0 Å². The number of hydrogen-bond acceptors (Lipinski definition) is 2. The van der Waals surface area contributed by atoms with E-state index < -0.39 is 29.6 Å². The van der Waals surface area contributed by atoms with Crippen molar-refractivity contribution in [1.29, 1.82) is 0 Å². The molecule has 0 aliphatic rings. The van der Waals surface area contributed by atoms with Gasteiger partial charge in [0.1, 0.15) is 0 Å². The van der Waals surface area contributed by atoms with Crippen molar-refractivity contribution in [2.24, 2.45) is 0 Å². The highest BCUT2D eigenvalue weighted by atomic mass is 35.5. The second-order valence-electron chi connectivity index (χ2n) is 2.93. The smallest absolute Gasteiger partial charge is 0.321 e. The van der Waals surface area contributed by atoms with Crippen LogP contribution in [0, 0.1) is 0 Å². The molecule has 0 saturated carbocycles. The molecule has 0 N–H and O–H groups in total. The average molecular weight is 333 g/mol. The van der Waals surface area contributed by atoms with Gasteiger partial charge in [0.05, 0.1) is 0 Å². The van der Waals surface area contributed by atoms with Gasteiger partial charge in [0.15, 0.2) is 0 Å². The molecule has 0 aromatic heterocycles. The van der Waals surface area contributed by atoms with Crippen molar-refractivity contribution in [3.63, 3.8) is 0 Å². The predicted molar refractivity (Wildman–Crippen MR) is 38.7 cm³/mol. The van der Waals surface area contributed by atoms with E-state index in [4.69, 9.17) is 0 Å². The highest BCUT2D eigenvalue weighted by Crippen LogP contribution is 2.51. The molecule has 0 fully saturated rings. The quantitative estimate of drug-likeness (QED) is 0.432. The Morgan fingerprint density at radius 2 is 1.16 bits per heavy atom. The van der Waals surface area contributed by atoms with Crippen LogP contribution in [0.15, 0.2) is 0 Å². The Bertz CT molecular complexity index is 323. The van der Waals surface area contributed by atoms with Crippen LogP contribution >= 0.6 is 11.6 Å². The van der Waals surface area contributed by atoms with Crippen molar-refractivity contribution in [1.82, 2.24) is 0 Å². The molecule has 0 saturated heterocycles. The van der Waals surface area contributed by atoms with Gasteiger partial charge in [-0.15, -0.1) is 0 Å². The van der Waals surface area contributed by atoms with Crippen molar-refractivity contribution in [3.05, 3.63) is 0 Å². The maximum absolute atomic E-state index is 12.9. The summed E-state index contributed by atoms with van der Waals surface area (Å²) in [4.78, 5) is 0. The van der Waals surface area contributed by atoms with Gasteiger partial charge in [-0.2, -0.15) is 43.9 Å². The summed E-state index contributed by atoms with van der Waals surface area (Å²) in [5, 5.41) is -5.47. The van der Waals surface area contributed by atoms with E-state index in [1.165, 1.54) is 0 Å². The van der Waals surface area contributed by atoms with Crippen LogP contribution in [-0.4, -0.2) is 36.7 Å². The first-order chi connectivity index (χ1) is 8.02. The molecule has 0 radical (unpaired) electrons. The molecule has 1 unspecified atom stereocenters. The first-order valence-corrected chi connectivity index (χ1v) is 4.23. The van der Waals surface area contributed by atoms with Gasteiger partial charge < -0.3 is 4.74 Å². The van der Waals surface area contributed by atoms with Crippen LogP contribution in [0.25, 0.3) is 0 Å². The van der Waals surface area contributed by atoms with E-state index in [-0.39, 0.29) is 7.11 Å². The lowest BCUT2D eigenvalue weighted by Gasteiger charge is -2.34. The lowest BCUT2D eigenvalue weighted by molar-refractivity contribution is -0.506. The molecule has 116 valence electrons. The van der Waals surface area contributed by atoms with Gasteiger partial charge in [0.2, 0.25) is 0 Å². The molecule has 0 bridgehead atoms. The van der Waals surface area contributed by atoms with E-state index in [0.717, 1.165) is 0 Å². The third-order valence-electron chi connectivity index (χ3n) is 1.58. The van der Waals surface area contributed by atoms with Crippen LogP contribution in [0.3, 0.4) is 0 Å². The van der Waals surface area contributed by atoms with Gasteiger partial charge in [0.25, 0.3) is 0 Å². The Hall–Kier alpha value is -0.490. The minimum absolute atomic E-state index is 0.0713. The maximum atomic E-state index is 12.9. The summed E-state index contributed by atoms with van der Waals surface area (Å²) in [7, 11) is -0.0713. The third kappa shape index (κ3) is 3.34. The van der Waals surface area contributed by atoms with E-state index >= 15 is 0 Å². The molecule has 2 nitrogen and oxygen atoms in total. The van der Waals surface area contributed by atoms with Gasteiger partial charge in [-0.1, -0.05) is 0 Å². The predicted octanol–water partition coefficient (Wildman–Crippen LogP) is 3.89. The molecule has 0 spiro atoms. The molecular formula is C6H3ClF10O2.